The van der Waals surface area contributed by atoms with Crippen molar-refractivity contribution in [3.63, 3.8) is 0 Å². The molecule has 5 heteroatoms. The monoisotopic (exact) mass is 308 g/mol. The molecule has 1 aliphatic rings. The van der Waals surface area contributed by atoms with Crippen LogP contribution in [0.25, 0.3) is 6.08 Å². The highest BCUT2D eigenvalue weighted by molar-refractivity contribution is 6.31. The summed E-state index contributed by atoms with van der Waals surface area (Å²) in [7, 11) is 4.19. The molecule has 1 heterocycles. The lowest BCUT2D eigenvalue weighted by atomic mass is 10.0. The second kappa shape index (κ2) is 6.96. The van der Waals surface area contributed by atoms with Crippen LogP contribution in [0.5, 0.6) is 0 Å². The third-order valence-electron chi connectivity index (χ3n) is 3.87. The van der Waals surface area contributed by atoms with E-state index in [1.165, 1.54) is 12.5 Å². The molecule has 0 amide bonds. The summed E-state index contributed by atoms with van der Waals surface area (Å²) in [5.74, 6) is -0.944. The zero-order valence-electron chi connectivity index (χ0n) is 12.4. The number of carbonyl (C=O) groups is 1. The molecule has 0 spiro atoms. The zero-order valence-corrected chi connectivity index (χ0v) is 13.2. The first kappa shape index (κ1) is 15.9. The molecule has 1 aliphatic heterocycles. The minimum Gasteiger partial charge on any atom is -0.478 e. The lowest BCUT2D eigenvalue weighted by Gasteiger charge is -2.38. The fourth-order valence-electron chi connectivity index (χ4n) is 2.69. The third kappa shape index (κ3) is 4.22. The fourth-order valence-corrected chi connectivity index (χ4v) is 2.85. The molecular formula is C16H21ClN2O2. The van der Waals surface area contributed by atoms with Gasteiger partial charge in [0.25, 0.3) is 0 Å². The van der Waals surface area contributed by atoms with E-state index in [4.69, 9.17) is 16.7 Å². The Balaban J connectivity index is 2.28. The van der Waals surface area contributed by atoms with E-state index in [1.807, 2.05) is 12.1 Å². The number of aliphatic carboxylic acids is 1. The fraction of sp³-hybridized carbons (Fsp3) is 0.438. The Morgan fingerprint density at radius 2 is 2.24 bits per heavy atom. The van der Waals surface area contributed by atoms with Crippen molar-refractivity contribution in [2.75, 3.05) is 32.1 Å². The maximum Gasteiger partial charge on any atom is 0.328 e. The number of nitrogens with zero attached hydrogens (tertiary/aromatic N) is 2. The minimum atomic E-state index is -0.944. The molecule has 0 radical (unpaired) electrons. The smallest absolute Gasteiger partial charge is 0.328 e. The molecule has 21 heavy (non-hydrogen) atoms. The molecule has 1 unspecified atom stereocenters. The van der Waals surface area contributed by atoms with Crippen molar-refractivity contribution in [1.82, 2.24) is 4.90 Å². The Bertz CT molecular complexity index is 543. The average molecular weight is 309 g/mol. The Kier molecular flexibility index (Phi) is 5.26. The van der Waals surface area contributed by atoms with Gasteiger partial charge in [0.2, 0.25) is 0 Å². The van der Waals surface area contributed by atoms with E-state index in [-0.39, 0.29) is 0 Å². The van der Waals surface area contributed by atoms with E-state index in [2.05, 4.69) is 23.9 Å². The number of hydrogen-bond acceptors (Lipinski definition) is 3. The molecule has 0 aromatic heterocycles. The molecule has 0 bridgehead atoms. The van der Waals surface area contributed by atoms with E-state index >= 15 is 0 Å². The van der Waals surface area contributed by atoms with Crippen LogP contribution in [0, 0.1) is 0 Å². The Morgan fingerprint density at radius 1 is 1.48 bits per heavy atom. The van der Waals surface area contributed by atoms with Gasteiger partial charge in [-0.1, -0.05) is 17.7 Å². The van der Waals surface area contributed by atoms with E-state index in [0.717, 1.165) is 30.8 Å². The van der Waals surface area contributed by atoms with Crippen LogP contribution in [0.3, 0.4) is 0 Å². The lowest BCUT2D eigenvalue weighted by Crippen LogP contribution is -2.45. The van der Waals surface area contributed by atoms with Crippen LogP contribution in [-0.2, 0) is 4.79 Å². The predicted octanol–water partition coefficient (Wildman–Crippen LogP) is 2.97. The highest BCUT2D eigenvalue weighted by atomic mass is 35.5. The Labute approximate surface area is 130 Å². The molecule has 2 rings (SSSR count). The summed E-state index contributed by atoms with van der Waals surface area (Å²) in [6, 6.07) is 6.09. The summed E-state index contributed by atoms with van der Waals surface area (Å²) in [5.41, 5.74) is 1.90. The first-order valence-electron chi connectivity index (χ1n) is 7.09. The molecule has 1 saturated heterocycles. The number of anilines is 1. The molecule has 0 saturated carbocycles. The van der Waals surface area contributed by atoms with E-state index in [9.17, 15) is 4.79 Å². The van der Waals surface area contributed by atoms with Gasteiger partial charge in [0, 0.05) is 35.9 Å². The van der Waals surface area contributed by atoms with Crippen LogP contribution in [0.4, 0.5) is 5.69 Å². The van der Waals surface area contributed by atoms with Crippen molar-refractivity contribution in [3.8, 4) is 0 Å². The van der Waals surface area contributed by atoms with Gasteiger partial charge >= 0.3 is 5.97 Å². The van der Waals surface area contributed by atoms with E-state index in [1.54, 1.807) is 12.1 Å². The zero-order chi connectivity index (χ0) is 15.4. The number of halogens is 1. The van der Waals surface area contributed by atoms with Crippen molar-refractivity contribution in [3.05, 3.63) is 34.9 Å². The van der Waals surface area contributed by atoms with E-state index < -0.39 is 5.97 Å². The molecule has 1 N–H and O–H groups in total. The van der Waals surface area contributed by atoms with Crippen molar-refractivity contribution in [1.29, 1.82) is 0 Å². The van der Waals surface area contributed by atoms with Crippen LogP contribution in [-0.4, -0.2) is 49.2 Å². The number of hydrogen-bond donors (Lipinski definition) is 1. The standard InChI is InChI=1S/C16H21ClN2O2/c1-18(2)14-4-3-9-19(11-14)15-10-13(17)7-5-12(15)6-8-16(20)21/h5-8,10,14H,3-4,9,11H2,1-2H3,(H,20,21)/b8-6+. The SMILES string of the molecule is CN(C)C1CCCN(c2cc(Cl)ccc2/C=C/C(=O)O)C1. The van der Waals surface area contributed by atoms with Gasteiger partial charge in [0.15, 0.2) is 0 Å². The molecule has 114 valence electrons. The molecule has 1 atom stereocenters. The van der Waals surface area contributed by atoms with Crippen molar-refractivity contribution >= 4 is 29.3 Å². The number of piperidine rings is 1. The summed E-state index contributed by atoms with van der Waals surface area (Å²) in [6.07, 6.45) is 5.11. The van der Waals surface area contributed by atoms with Crippen molar-refractivity contribution < 1.29 is 9.90 Å². The van der Waals surface area contributed by atoms with Crippen molar-refractivity contribution in [2.45, 2.75) is 18.9 Å². The summed E-state index contributed by atoms with van der Waals surface area (Å²) >= 11 is 6.12. The molecule has 1 fully saturated rings. The molecule has 4 nitrogen and oxygen atoms in total. The minimum absolute atomic E-state index is 0.508. The van der Waals surface area contributed by atoms with Crippen LogP contribution >= 0.6 is 11.6 Å². The van der Waals surface area contributed by atoms with Crippen molar-refractivity contribution in [2.24, 2.45) is 0 Å². The van der Waals surface area contributed by atoms with Gasteiger partial charge in [0.1, 0.15) is 0 Å². The van der Waals surface area contributed by atoms with Gasteiger partial charge in [-0.15, -0.1) is 0 Å². The summed E-state index contributed by atoms with van der Waals surface area (Å²) in [6.45, 7) is 1.90. The van der Waals surface area contributed by atoms with Gasteiger partial charge < -0.3 is 14.9 Å². The van der Waals surface area contributed by atoms with Gasteiger partial charge in [0.05, 0.1) is 0 Å². The van der Waals surface area contributed by atoms with Gasteiger partial charge in [-0.2, -0.15) is 0 Å². The predicted molar refractivity (Wildman–Crippen MR) is 87.0 cm³/mol. The normalized spacial score (nSPS) is 19.4. The van der Waals surface area contributed by atoms with Crippen LogP contribution in [0.1, 0.15) is 18.4 Å². The Hall–Kier alpha value is -1.52. The maximum absolute atomic E-state index is 10.7. The highest BCUT2D eigenvalue weighted by Crippen LogP contribution is 2.29. The van der Waals surface area contributed by atoms with Gasteiger partial charge in [-0.25, -0.2) is 4.79 Å². The van der Waals surface area contributed by atoms with Crippen LogP contribution in [0.2, 0.25) is 5.02 Å². The average Bonchev–Trinajstić information content (AvgIpc) is 2.46. The number of carboxylic acids is 1. The van der Waals surface area contributed by atoms with Gasteiger partial charge in [-0.05, 0) is 50.7 Å². The number of benzene rings is 1. The van der Waals surface area contributed by atoms with E-state index in [0.29, 0.717) is 11.1 Å². The quantitative estimate of drug-likeness (QED) is 0.869. The number of rotatable bonds is 4. The molecule has 1 aromatic rings. The highest BCUT2D eigenvalue weighted by Gasteiger charge is 2.22. The van der Waals surface area contributed by atoms with Crippen LogP contribution in [0.15, 0.2) is 24.3 Å². The van der Waals surface area contributed by atoms with Gasteiger partial charge in [-0.3, -0.25) is 0 Å². The first-order valence-corrected chi connectivity index (χ1v) is 7.47. The number of likely N-dealkylation sites (N-methyl/N-ethyl adjacent to an activating group) is 1. The molecule has 1 aromatic carbocycles. The molecule has 0 aliphatic carbocycles. The lowest BCUT2D eigenvalue weighted by molar-refractivity contribution is -0.131. The van der Waals surface area contributed by atoms with Crippen LogP contribution < -0.4 is 4.90 Å². The second-order valence-electron chi connectivity index (χ2n) is 5.58. The summed E-state index contributed by atoms with van der Waals surface area (Å²) < 4.78 is 0. The first-order chi connectivity index (χ1) is 9.97. The number of carboxylic acid groups (broad SMARTS) is 1. The largest absolute Gasteiger partial charge is 0.478 e. The third-order valence-corrected chi connectivity index (χ3v) is 4.10. The summed E-state index contributed by atoms with van der Waals surface area (Å²) in [5, 5.41) is 9.48. The summed E-state index contributed by atoms with van der Waals surface area (Å²) in [4.78, 5) is 15.3. The maximum atomic E-state index is 10.7. The second-order valence-corrected chi connectivity index (χ2v) is 6.02. The molecular weight excluding hydrogens is 288 g/mol. The Morgan fingerprint density at radius 3 is 2.90 bits per heavy atom. The topological polar surface area (TPSA) is 43.8 Å².